The molecule has 0 aromatic rings. The van der Waals surface area contributed by atoms with E-state index in [1.165, 1.54) is 6.42 Å². The molecule has 0 aromatic heterocycles. The summed E-state index contributed by atoms with van der Waals surface area (Å²) in [5.74, 6) is 1.89. The fraction of sp³-hybridized carbons (Fsp3) is 0.895. The molecule has 2 unspecified atom stereocenters. The molecule has 1 saturated heterocycles. The van der Waals surface area contributed by atoms with Crippen molar-refractivity contribution in [3.8, 4) is 0 Å². The number of likely N-dealkylation sites (N-methyl/N-ethyl adjacent to an activating group) is 1. The van der Waals surface area contributed by atoms with Crippen LogP contribution in [0.4, 0.5) is 0 Å². The summed E-state index contributed by atoms with van der Waals surface area (Å²) >= 11 is 0. The highest BCUT2D eigenvalue weighted by Crippen LogP contribution is 2.29. The number of carbonyl (C=O) groups is 2. The van der Waals surface area contributed by atoms with Gasteiger partial charge in [0, 0.05) is 38.5 Å². The van der Waals surface area contributed by atoms with Gasteiger partial charge in [-0.3, -0.25) is 9.59 Å². The number of hydrogen-bond donors (Lipinski definition) is 0. The Balaban J connectivity index is 1.84. The fourth-order valence-corrected chi connectivity index (χ4v) is 3.94. The molecule has 2 atom stereocenters. The third-order valence-corrected chi connectivity index (χ3v) is 5.50. The van der Waals surface area contributed by atoms with E-state index >= 15 is 0 Å². The maximum absolute atomic E-state index is 12.6. The molecular weight excluding hydrogens is 288 g/mol. The van der Waals surface area contributed by atoms with Crippen LogP contribution in [0.3, 0.4) is 0 Å². The van der Waals surface area contributed by atoms with Gasteiger partial charge in [0.05, 0.1) is 0 Å². The summed E-state index contributed by atoms with van der Waals surface area (Å²) in [6.07, 6.45) is 7.07. The Labute approximate surface area is 141 Å². The van der Waals surface area contributed by atoms with Crippen molar-refractivity contribution >= 4 is 11.8 Å². The molecule has 1 aliphatic carbocycles. The van der Waals surface area contributed by atoms with Crippen molar-refractivity contribution in [1.82, 2.24) is 9.80 Å². The zero-order valence-electron chi connectivity index (χ0n) is 15.4. The van der Waals surface area contributed by atoms with Gasteiger partial charge in [0.2, 0.25) is 11.8 Å². The second-order valence-corrected chi connectivity index (χ2v) is 8.15. The number of likely N-dealkylation sites (tertiary alicyclic amines) is 1. The van der Waals surface area contributed by atoms with E-state index in [9.17, 15) is 9.59 Å². The topological polar surface area (TPSA) is 40.6 Å². The van der Waals surface area contributed by atoms with Gasteiger partial charge in [0.15, 0.2) is 0 Å². The van der Waals surface area contributed by atoms with E-state index < -0.39 is 0 Å². The molecule has 1 aliphatic heterocycles. The lowest BCUT2D eigenvalue weighted by Gasteiger charge is -2.40. The number of nitrogens with zero attached hydrogens (tertiary/aromatic N) is 2. The summed E-state index contributed by atoms with van der Waals surface area (Å²) in [7, 11) is 1.93. The first-order valence-electron chi connectivity index (χ1n) is 9.43. The molecular formula is C19H34N2O2. The number of piperidine rings is 1. The lowest BCUT2D eigenvalue weighted by Crippen LogP contribution is -2.52. The predicted octanol–water partition coefficient (Wildman–Crippen LogP) is 3.31. The molecule has 2 rings (SSSR count). The Morgan fingerprint density at radius 1 is 1.13 bits per heavy atom. The Kier molecular flexibility index (Phi) is 6.49. The van der Waals surface area contributed by atoms with Crippen molar-refractivity contribution in [3.63, 3.8) is 0 Å². The SMILES string of the molecule is CC(C)CC(C)CC(=O)N1CCCC(N(C)C(=O)C2CCC2)C1. The molecule has 132 valence electrons. The highest BCUT2D eigenvalue weighted by Gasteiger charge is 2.33. The lowest BCUT2D eigenvalue weighted by atomic mass is 9.84. The monoisotopic (exact) mass is 322 g/mol. The highest BCUT2D eigenvalue weighted by molar-refractivity contribution is 5.80. The van der Waals surface area contributed by atoms with E-state index in [0.717, 1.165) is 45.2 Å². The first-order valence-corrected chi connectivity index (χ1v) is 9.43. The smallest absolute Gasteiger partial charge is 0.225 e. The Morgan fingerprint density at radius 3 is 2.39 bits per heavy atom. The van der Waals surface area contributed by atoms with Gasteiger partial charge in [-0.05, 0) is 43.9 Å². The maximum Gasteiger partial charge on any atom is 0.225 e. The Morgan fingerprint density at radius 2 is 1.83 bits per heavy atom. The molecule has 2 amide bonds. The minimum atomic E-state index is 0.209. The van der Waals surface area contributed by atoms with E-state index in [0.29, 0.717) is 24.2 Å². The minimum Gasteiger partial charge on any atom is -0.341 e. The van der Waals surface area contributed by atoms with E-state index in [1.54, 1.807) is 0 Å². The van der Waals surface area contributed by atoms with E-state index in [-0.39, 0.29) is 17.9 Å². The summed E-state index contributed by atoms with van der Waals surface area (Å²) in [6.45, 7) is 8.17. The van der Waals surface area contributed by atoms with Crippen LogP contribution in [0.5, 0.6) is 0 Å². The van der Waals surface area contributed by atoms with Crippen LogP contribution < -0.4 is 0 Å². The van der Waals surface area contributed by atoms with E-state index in [1.807, 2.05) is 16.8 Å². The van der Waals surface area contributed by atoms with Gasteiger partial charge in [-0.1, -0.05) is 27.2 Å². The maximum atomic E-state index is 12.6. The van der Waals surface area contributed by atoms with Crippen molar-refractivity contribution in [2.75, 3.05) is 20.1 Å². The zero-order valence-corrected chi connectivity index (χ0v) is 15.4. The average Bonchev–Trinajstić information content (AvgIpc) is 2.43. The Hall–Kier alpha value is -1.06. The standard InChI is InChI=1S/C19H34N2O2/c1-14(2)11-15(3)12-18(22)21-10-6-9-17(13-21)20(4)19(23)16-7-5-8-16/h14-17H,5-13H2,1-4H3. The number of hydrogen-bond acceptors (Lipinski definition) is 2. The van der Waals surface area contributed by atoms with Crippen LogP contribution in [0, 0.1) is 17.8 Å². The molecule has 1 saturated carbocycles. The molecule has 0 radical (unpaired) electrons. The first-order chi connectivity index (χ1) is 10.9. The molecule has 2 aliphatic rings. The molecule has 0 spiro atoms. The average molecular weight is 322 g/mol. The van der Waals surface area contributed by atoms with Gasteiger partial charge in [-0.15, -0.1) is 0 Å². The van der Waals surface area contributed by atoms with Crippen LogP contribution in [0.15, 0.2) is 0 Å². The minimum absolute atomic E-state index is 0.209. The molecule has 1 heterocycles. The molecule has 4 heteroatoms. The summed E-state index contributed by atoms with van der Waals surface area (Å²) in [4.78, 5) is 28.9. The summed E-state index contributed by atoms with van der Waals surface area (Å²) < 4.78 is 0. The predicted molar refractivity (Wildman–Crippen MR) is 92.9 cm³/mol. The number of rotatable bonds is 6. The third-order valence-electron chi connectivity index (χ3n) is 5.50. The van der Waals surface area contributed by atoms with Crippen molar-refractivity contribution in [2.45, 2.75) is 71.8 Å². The van der Waals surface area contributed by atoms with Gasteiger partial charge in [-0.2, -0.15) is 0 Å². The largest absolute Gasteiger partial charge is 0.341 e. The van der Waals surface area contributed by atoms with E-state index in [2.05, 4.69) is 20.8 Å². The van der Waals surface area contributed by atoms with E-state index in [4.69, 9.17) is 0 Å². The summed E-state index contributed by atoms with van der Waals surface area (Å²) in [5, 5.41) is 0. The molecule has 0 bridgehead atoms. The highest BCUT2D eigenvalue weighted by atomic mass is 16.2. The third kappa shape index (κ3) is 4.95. The fourth-order valence-electron chi connectivity index (χ4n) is 3.94. The quantitative estimate of drug-likeness (QED) is 0.753. The van der Waals surface area contributed by atoms with Gasteiger partial charge >= 0.3 is 0 Å². The van der Waals surface area contributed by atoms with Crippen LogP contribution in [-0.4, -0.2) is 47.8 Å². The lowest BCUT2D eigenvalue weighted by molar-refractivity contribution is -0.143. The molecule has 0 N–H and O–H groups in total. The van der Waals surface area contributed by atoms with Crippen LogP contribution in [0.1, 0.15) is 65.7 Å². The van der Waals surface area contributed by atoms with Crippen LogP contribution in [0.25, 0.3) is 0 Å². The van der Waals surface area contributed by atoms with Gasteiger partial charge in [-0.25, -0.2) is 0 Å². The van der Waals surface area contributed by atoms with Crippen LogP contribution in [0.2, 0.25) is 0 Å². The second-order valence-electron chi connectivity index (χ2n) is 8.15. The summed E-state index contributed by atoms with van der Waals surface area (Å²) in [5.41, 5.74) is 0. The number of amides is 2. The van der Waals surface area contributed by atoms with Crippen molar-refractivity contribution in [1.29, 1.82) is 0 Å². The van der Waals surface area contributed by atoms with Crippen molar-refractivity contribution < 1.29 is 9.59 Å². The van der Waals surface area contributed by atoms with Crippen LogP contribution in [-0.2, 0) is 9.59 Å². The second kappa shape index (κ2) is 8.16. The van der Waals surface area contributed by atoms with Gasteiger partial charge in [0.25, 0.3) is 0 Å². The van der Waals surface area contributed by atoms with Crippen molar-refractivity contribution in [2.24, 2.45) is 17.8 Å². The van der Waals surface area contributed by atoms with Gasteiger partial charge < -0.3 is 9.80 Å². The summed E-state index contributed by atoms with van der Waals surface area (Å²) in [6, 6.07) is 0.209. The molecule has 23 heavy (non-hydrogen) atoms. The molecule has 0 aromatic carbocycles. The van der Waals surface area contributed by atoms with Gasteiger partial charge in [0.1, 0.15) is 0 Å². The molecule has 4 nitrogen and oxygen atoms in total. The Bertz CT molecular complexity index is 418. The number of carbonyl (C=O) groups excluding carboxylic acids is 2. The molecule has 2 fully saturated rings. The zero-order chi connectivity index (χ0) is 17.0. The normalized spacial score (nSPS) is 23.5. The van der Waals surface area contributed by atoms with Crippen molar-refractivity contribution in [3.05, 3.63) is 0 Å². The first kappa shape index (κ1) is 18.3. The van der Waals surface area contributed by atoms with Crippen LogP contribution >= 0.6 is 0 Å².